The van der Waals surface area contributed by atoms with Crippen molar-refractivity contribution >= 4 is 12.0 Å². The number of hydrogen-bond acceptors (Lipinski definition) is 2. The van der Waals surface area contributed by atoms with Gasteiger partial charge in [0, 0.05) is 6.08 Å². The number of halogens is 1. The van der Waals surface area contributed by atoms with Gasteiger partial charge in [0.1, 0.15) is 0 Å². The van der Waals surface area contributed by atoms with Crippen molar-refractivity contribution in [2.45, 2.75) is 0 Å². The first-order valence-corrected chi connectivity index (χ1v) is 2.79. The molecule has 0 aliphatic heterocycles. The zero-order valence-corrected chi connectivity index (χ0v) is 5.41. The van der Waals surface area contributed by atoms with Gasteiger partial charge in [-0.2, -0.15) is 4.39 Å². The van der Waals surface area contributed by atoms with Crippen molar-refractivity contribution in [3.8, 4) is 0 Å². The Kier molecular flexibility index (Phi) is 2.00. The lowest BCUT2D eigenvalue weighted by Crippen LogP contribution is -1.93. The Morgan fingerprint density at radius 2 is 2.55 bits per heavy atom. The fraction of sp³-hybridized carbons (Fsp3) is 0. The molecule has 0 aromatic carbocycles. The smallest absolute Gasteiger partial charge is 0.364 e. The van der Waals surface area contributed by atoms with E-state index in [-0.39, 0.29) is 0 Å². The predicted octanol–water partition coefficient (Wildman–Crippen LogP) is 0.805. The number of imidazole rings is 1. The normalized spacial score (nSPS) is 11.5. The van der Waals surface area contributed by atoms with Crippen LogP contribution < -0.4 is 0 Å². The third kappa shape index (κ3) is 1.89. The van der Waals surface area contributed by atoms with Gasteiger partial charge in [-0.3, -0.25) is 0 Å². The van der Waals surface area contributed by atoms with Crippen LogP contribution in [0.4, 0.5) is 4.39 Å². The highest BCUT2D eigenvalue weighted by Crippen LogP contribution is 2.03. The first-order chi connectivity index (χ1) is 5.20. The highest BCUT2D eigenvalue weighted by molar-refractivity contribution is 5.89. The second-order valence-electron chi connectivity index (χ2n) is 1.80. The van der Waals surface area contributed by atoms with E-state index in [2.05, 4.69) is 9.97 Å². The molecule has 0 fully saturated rings. The minimum Gasteiger partial charge on any atom is -0.476 e. The first kappa shape index (κ1) is 7.46. The average molecular weight is 156 g/mol. The summed E-state index contributed by atoms with van der Waals surface area (Å²) in [5.74, 6) is -2.80. The molecule has 0 atom stereocenters. The third-order valence-corrected chi connectivity index (χ3v) is 1.01. The van der Waals surface area contributed by atoms with E-state index in [4.69, 9.17) is 5.11 Å². The summed E-state index contributed by atoms with van der Waals surface area (Å²) in [6.45, 7) is 0. The van der Waals surface area contributed by atoms with E-state index in [0.717, 1.165) is 6.08 Å². The fourth-order valence-corrected chi connectivity index (χ4v) is 0.544. The van der Waals surface area contributed by atoms with Gasteiger partial charge in [0.25, 0.3) is 0 Å². The van der Waals surface area contributed by atoms with Crippen LogP contribution >= 0.6 is 0 Å². The summed E-state index contributed by atoms with van der Waals surface area (Å²) in [6, 6.07) is 0. The van der Waals surface area contributed by atoms with Crippen molar-refractivity contribution < 1.29 is 14.3 Å². The van der Waals surface area contributed by atoms with Gasteiger partial charge < -0.3 is 10.1 Å². The minimum absolute atomic E-state index is 0.324. The number of aromatic nitrogens is 2. The van der Waals surface area contributed by atoms with Crippen LogP contribution in [0.5, 0.6) is 0 Å². The number of carbonyl (C=O) groups is 1. The highest BCUT2D eigenvalue weighted by atomic mass is 19.1. The van der Waals surface area contributed by atoms with Crippen molar-refractivity contribution in [1.82, 2.24) is 9.97 Å². The number of carboxylic acid groups (broad SMARTS) is 1. The predicted molar refractivity (Wildman–Crippen MR) is 35.3 cm³/mol. The van der Waals surface area contributed by atoms with E-state index < -0.39 is 11.8 Å². The summed E-state index contributed by atoms with van der Waals surface area (Å²) in [5.41, 5.74) is 0.324. The zero-order chi connectivity index (χ0) is 8.27. The molecule has 0 unspecified atom stereocenters. The summed E-state index contributed by atoms with van der Waals surface area (Å²) in [7, 11) is 0. The molecule has 0 amide bonds. The van der Waals surface area contributed by atoms with Crippen molar-refractivity contribution in [2.24, 2.45) is 0 Å². The lowest BCUT2D eigenvalue weighted by Gasteiger charge is -1.85. The summed E-state index contributed by atoms with van der Waals surface area (Å²) in [5, 5.41) is 8.10. The van der Waals surface area contributed by atoms with E-state index in [1.54, 1.807) is 0 Å². The molecule has 0 aliphatic rings. The number of H-pyrrole nitrogens is 1. The Labute approximate surface area is 61.4 Å². The minimum atomic E-state index is -1.58. The van der Waals surface area contributed by atoms with Gasteiger partial charge in [0.05, 0.1) is 18.2 Å². The summed E-state index contributed by atoms with van der Waals surface area (Å²) < 4.78 is 12.3. The van der Waals surface area contributed by atoms with Gasteiger partial charge in [0.2, 0.25) is 5.83 Å². The number of aliphatic carboxylic acids is 1. The zero-order valence-electron chi connectivity index (χ0n) is 5.41. The standard InChI is InChI=1S/C6H5FN2O2/c7-5(6(10)11)1-4-2-8-3-9-4/h1-3H,(H,8,9)(H,10,11)/b5-1-. The molecule has 1 aromatic heterocycles. The van der Waals surface area contributed by atoms with Crippen LogP contribution in [0, 0.1) is 0 Å². The van der Waals surface area contributed by atoms with Crippen LogP contribution in [0.1, 0.15) is 5.69 Å². The Morgan fingerprint density at radius 3 is 3.00 bits per heavy atom. The lowest BCUT2D eigenvalue weighted by molar-refractivity contribution is -0.134. The summed E-state index contributed by atoms with van der Waals surface area (Å²) in [6.07, 6.45) is 3.51. The number of aromatic amines is 1. The Bertz CT molecular complexity index is 279. The molecule has 0 bridgehead atoms. The average Bonchev–Trinajstić information content (AvgIpc) is 2.39. The molecule has 5 heteroatoms. The Morgan fingerprint density at radius 1 is 1.82 bits per heavy atom. The SMILES string of the molecule is O=C(O)/C(F)=C/c1cnc[nH]1. The van der Waals surface area contributed by atoms with Crippen LogP contribution in [0.15, 0.2) is 18.4 Å². The topological polar surface area (TPSA) is 66.0 Å². The molecule has 0 saturated carbocycles. The third-order valence-electron chi connectivity index (χ3n) is 1.01. The molecule has 0 spiro atoms. The molecule has 1 aromatic rings. The van der Waals surface area contributed by atoms with Crippen molar-refractivity contribution in [3.05, 3.63) is 24.0 Å². The largest absolute Gasteiger partial charge is 0.476 e. The van der Waals surface area contributed by atoms with Crippen molar-refractivity contribution in [2.75, 3.05) is 0 Å². The fourth-order valence-electron chi connectivity index (χ4n) is 0.544. The van der Waals surface area contributed by atoms with Crippen LogP contribution in [-0.4, -0.2) is 21.0 Å². The lowest BCUT2D eigenvalue weighted by atomic mass is 10.4. The van der Waals surface area contributed by atoms with Gasteiger partial charge in [-0.05, 0) is 0 Å². The number of nitrogens with zero attached hydrogens (tertiary/aromatic N) is 1. The number of nitrogens with one attached hydrogen (secondary N) is 1. The molecule has 0 saturated heterocycles. The van der Waals surface area contributed by atoms with Crippen LogP contribution in [0.2, 0.25) is 0 Å². The van der Waals surface area contributed by atoms with E-state index in [0.29, 0.717) is 5.69 Å². The summed E-state index contributed by atoms with van der Waals surface area (Å²) >= 11 is 0. The van der Waals surface area contributed by atoms with E-state index >= 15 is 0 Å². The van der Waals surface area contributed by atoms with E-state index in [9.17, 15) is 9.18 Å². The molecule has 0 aliphatic carbocycles. The maximum absolute atomic E-state index is 12.3. The van der Waals surface area contributed by atoms with Gasteiger partial charge in [-0.15, -0.1) is 0 Å². The second-order valence-corrected chi connectivity index (χ2v) is 1.80. The quantitative estimate of drug-likeness (QED) is 0.622. The molecule has 0 radical (unpaired) electrons. The molecule has 1 heterocycles. The number of hydrogen-bond donors (Lipinski definition) is 2. The van der Waals surface area contributed by atoms with Gasteiger partial charge in [-0.1, -0.05) is 0 Å². The maximum atomic E-state index is 12.3. The van der Waals surface area contributed by atoms with Gasteiger partial charge >= 0.3 is 5.97 Å². The first-order valence-electron chi connectivity index (χ1n) is 2.79. The Hall–Kier alpha value is -1.65. The molecule has 1 rings (SSSR count). The van der Waals surface area contributed by atoms with Crippen LogP contribution in [-0.2, 0) is 4.79 Å². The van der Waals surface area contributed by atoms with Crippen molar-refractivity contribution in [3.63, 3.8) is 0 Å². The second kappa shape index (κ2) is 2.96. The monoisotopic (exact) mass is 156 g/mol. The van der Waals surface area contributed by atoms with Gasteiger partial charge in [-0.25, -0.2) is 9.78 Å². The van der Waals surface area contributed by atoms with E-state index in [1.807, 2.05) is 0 Å². The van der Waals surface area contributed by atoms with Crippen LogP contribution in [0.3, 0.4) is 0 Å². The van der Waals surface area contributed by atoms with Crippen molar-refractivity contribution in [1.29, 1.82) is 0 Å². The molecule has 11 heavy (non-hydrogen) atoms. The van der Waals surface area contributed by atoms with Gasteiger partial charge in [0.15, 0.2) is 0 Å². The van der Waals surface area contributed by atoms with E-state index in [1.165, 1.54) is 12.5 Å². The number of rotatable bonds is 2. The maximum Gasteiger partial charge on any atom is 0.364 e. The highest BCUT2D eigenvalue weighted by Gasteiger charge is 2.04. The summed E-state index contributed by atoms with van der Waals surface area (Å²) in [4.78, 5) is 16.1. The van der Waals surface area contributed by atoms with Crippen LogP contribution in [0.25, 0.3) is 6.08 Å². The molecule has 2 N–H and O–H groups in total. The molecule has 58 valence electrons. The Balaban J connectivity index is 2.82. The molecular formula is C6H5FN2O2. The number of carboxylic acids is 1. The molecule has 4 nitrogen and oxygen atoms in total. The molecular weight excluding hydrogens is 151 g/mol.